The standard InChI is InChI=1S/C11H24N2O/c12-9-11(14)10-13-7-5-3-1-2-4-6-8-13/h11,14H,1-10,12H2/t11-/m1/s1. The van der Waals surface area contributed by atoms with Crippen molar-refractivity contribution in [2.75, 3.05) is 26.2 Å². The summed E-state index contributed by atoms with van der Waals surface area (Å²) in [5, 5.41) is 9.48. The Morgan fingerprint density at radius 1 is 1.00 bits per heavy atom. The maximum Gasteiger partial charge on any atom is 0.0789 e. The van der Waals surface area contributed by atoms with E-state index >= 15 is 0 Å². The molecule has 1 heterocycles. The van der Waals surface area contributed by atoms with Gasteiger partial charge in [0.1, 0.15) is 0 Å². The monoisotopic (exact) mass is 200 g/mol. The first-order chi connectivity index (χ1) is 6.83. The van der Waals surface area contributed by atoms with Crippen LogP contribution >= 0.6 is 0 Å². The number of hydrogen-bond acceptors (Lipinski definition) is 3. The molecule has 0 aromatic heterocycles. The smallest absolute Gasteiger partial charge is 0.0789 e. The molecule has 1 saturated heterocycles. The SMILES string of the molecule is NC[C@@H](O)CN1CCCCCCCC1. The quantitative estimate of drug-likeness (QED) is 0.713. The molecular weight excluding hydrogens is 176 g/mol. The summed E-state index contributed by atoms with van der Waals surface area (Å²) in [5.41, 5.74) is 5.41. The molecule has 0 spiro atoms. The molecule has 0 aromatic rings. The average Bonchev–Trinajstić information content (AvgIpc) is 2.31. The van der Waals surface area contributed by atoms with Gasteiger partial charge in [-0.15, -0.1) is 0 Å². The molecule has 0 bridgehead atoms. The van der Waals surface area contributed by atoms with Gasteiger partial charge >= 0.3 is 0 Å². The first-order valence-corrected chi connectivity index (χ1v) is 5.93. The summed E-state index contributed by atoms with van der Waals surface area (Å²) < 4.78 is 0. The maximum atomic E-state index is 9.48. The van der Waals surface area contributed by atoms with Crippen molar-refractivity contribution in [2.24, 2.45) is 5.73 Å². The highest BCUT2D eigenvalue weighted by Crippen LogP contribution is 2.11. The minimum Gasteiger partial charge on any atom is -0.390 e. The second kappa shape index (κ2) is 7.21. The fourth-order valence-electron chi connectivity index (χ4n) is 2.04. The van der Waals surface area contributed by atoms with E-state index < -0.39 is 0 Å². The molecule has 3 heteroatoms. The van der Waals surface area contributed by atoms with Crippen molar-refractivity contribution in [1.82, 2.24) is 4.90 Å². The van der Waals surface area contributed by atoms with E-state index in [1.165, 1.54) is 38.5 Å². The van der Waals surface area contributed by atoms with Crippen molar-refractivity contribution in [2.45, 2.75) is 44.6 Å². The van der Waals surface area contributed by atoms with Crippen LogP contribution in [0.15, 0.2) is 0 Å². The van der Waals surface area contributed by atoms with E-state index in [2.05, 4.69) is 4.90 Å². The number of β-amino-alcohol motifs (C(OH)–C–C–N with tert-alkyl or cyclic N) is 1. The van der Waals surface area contributed by atoms with Crippen molar-refractivity contribution in [3.05, 3.63) is 0 Å². The minimum atomic E-state index is -0.337. The number of nitrogens with two attached hydrogens (primary N) is 1. The van der Waals surface area contributed by atoms with Gasteiger partial charge in [-0.3, -0.25) is 0 Å². The Morgan fingerprint density at radius 3 is 2.00 bits per heavy atom. The molecule has 1 aliphatic heterocycles. The Balaban J connectivity index is 2.25. The highest BCUT2D eigenvalue weighted by molar-refractivity contribution is 4.67. The molecule has 3 nitrogen and oxygen atoms in total. The van der Waals surface area contributed by atoms with E-state index in [1.807, 2.05) is 0 Å². The molecule has 1 fully saturated rings. The topological polar surface area (TPSA) is 49.5 Å². The molecule has 3 N–H and O–H groups in total. The highest BCUT2D eigenvalue weighted by Gasteiger charge is 2.10. The summed E-state index contributed by atoms with van der Waals surface area (Å²) in [6.45, 7) is 3.42. The molecule has 84 valence electrons. The molecule has 0 radical (unpaired) electrons. The van der Waals surface area contributed by atoms with Crippen LogP contribution in [0.1, 0.15) is 38.5 Å². The Morgan fingerprint density at radius 2 is 1.50 bits per heavy atom. The van der Waals surface area contributed by atoms with Gasteiger partial charge in [0, 0.05) is 13.1 Å². The van der Waals surface area contributed by atoms with Crippen molar-refractivity contribution >= 4 is 0 Å². The number of rotatable bonds is 3. The van der Waals surface area contributed by atoms with Gasteiger partial charge < -0.3 is 15.7 Å². The number of aliphatic hydroxyl groups is 1. The van der Waals surface area contributed by atoms with Gasteiger partial charge in [0.25, 0.3) is 0 Å². The van der Waals surface area contributed by atoms with E-state index in [1.54, 1.807) is 0 Å². The van der Waals surface area contributed by atoms with Crippen LogP contribution in [0, 0.1) is 0 Å². The summed E-state index contributed by atoms with van der Waals surface area (Å²) in [6.07, 6.45) is 7.66. The maximum absolute atomic E-state index is 9.48. The summed E-state index contributed by atoms with van der Waals surface area (Å²) in [4.78, 5) is 2.36. The summed E-state index contributed by atoms with van der Waals surface area (Å²) >= 11 is 0. The van der Waals surface area contributed by atoms with Crippen LogP contribution in [-0.2, 0) is 0 Å². The summed E-state index contributed by atoms with van der Waals surface area (Å²) in [6, 6.07) is 0. The van der Waals surface area contributed by atoms with Crippen molar-refractivity contribution in [1.29, 1.82) is 0 Å². The number of hydrogen-bond donors (Lipinski definition) is 2. The molecule has 0 amide bonds. The molecule has 1 rings (SSSR count). The van der Waals surface area contributed by atoms with Gasteiger partial charge in [-0.1, -0.05) is 25.7 Å². The third kappa shape index (κ3) is 4.94. The number of nitrogens with zero attached hydrogens (tertiary/aromatic N) is 1. The van der Waals surface area contributed by atoms with Gasteiger partial charge in [-0.2, -0.15) is 0 Å². The normalized spacial score (nSPS) is 23.6. The summed E-state index contributed by atoms with van der Waals surface area (Å²) in [7, 11) is 0. The third-order valence-electron chi connectivity index (χ3n) is 2.94. The zero-order valence-corrected chi connectivity index (χ0v) is 9.12. The second-order valence-corrected chi connectivity index (χ2v) is 4.31. The molecule has 14 heavy (non-hydrogen) atoms. The Labute approximate surface area is 87.3 Å². The molecular formula is C11H24N2O. The lowest BCUT2D eigenvalue weighted by Crippen LogP contribution is -2.37. The predicted octanol–water partition coefficient (Wildman–Crippen LogP) is 0.962. The predicted molar refractivity (Wildman–Crippen MR) is 59.2 cm³/mol. The van der Waals surface area contributed by atoms with Crippen LogP contribution in [0.5, 0.6) is 0 Å². The molecule has 1 atom stereocenters. The lowest BCUT2D eigenvalue weighted by atomic mass is 10.1. The van der Waals surface area contributed by atoms with Crippen LogP contribution in [0.25, 0.3) is 0 Å². The minimum absolute atomic E-state index is 0.337. The fraction of sp³-hybridized carbons (Fsp3) is 1.00. The third-order valence-corrected chi connectivity index (χ3v) is 2.94. The lowest BCUT2D eigenvalue weighted by Gasteiger charge is -2.23. The lowest BCUT2D eigenvalue weighted by molar-refractivity contribution is 0.117. The van der Waals surface area contributed by atoms with E-state index in [9.17, 15) is 5.11 Å². The summed E-state index contributed by atoms with van der Waals surface area (Å²) in [5.74, 6) is 0. The first-order valence-electron chi connectivity index (χ1n) is 5.93. The second-order valence-electron chi connectivity index (χ2n) is 4.31. The zero-order valence-electron chi connectivity index (χ0n) is 9.12. The number of aliphatic hydroxyl groups excluding tert-OH is 1. The van der Waals surface area contributed by atoms with Gasteiger partial charge in [-0.05, 0) is 25.9 Å². The van der Waals surface area contributed by atoms with Crippen LogP contribution in [0.3, 0.4) is 0 Å². The van der Waals surface area contributed by atoms with Gasteiger partial charge in [0.15, 0.2) is 0 Å². The Bertz CT molecular complexity index is 131. The van der Waals surface area contributed by atoms with Crippen LogP contribution in [-0.4, -0.2) is 42.3 Å². The van der Waals surface area contributed by atoms with Crippen molar-refractivity contribution in [3.63, 3.8) is 0 Å². The van der Waals surface area contributed by atoms with E-state index in [-0.39, 0.29) is 6.10 Å². The molecule has 1 aliphatic rings. The van der Waals surface area contributed by atoms with Crippen LogP contribution < -0.4 is 5.73 Å². The Hall–Kier alpha value is -0.120. The molecule has 0 aromatic carbocycles. The van der Waals surface area contributed by atoms with Gasteiger partial charge in [-0.25, -0.2) is 0 Å². The van der Waals surface area contributed by atoms with E-state index in [0.29, 0.717) is 6.54 Å². The van der Waals surface area contributed by atoms with Gasteiger partial charge in [0.2, 0.25) is 0 Å². The van der Waals surface area contributed by atoms with Gasteiger partial charge in [0.05, 0.1) is 6.10 Å². The molecule has 0 aliphatic carbocycles. The fourth-order valence-corrected chi connectivity index (χ4v) is 2.04. The highest BCUT2D eigenvalue weighted by atomic mass is 16.3. The van der Waals surface area contributed by atoms with Crippen LogP contribution in [0.2, 0.25) is 0 Å². The van der Waals surface area contributed by atoms with Crippen molar-refractivity contribution in [3.8, 4) is 0 Å². The van der Waals surface area contributed by atoms with Crippen molar-refractivity contribution < 1.29 is 5.11 Å². The Kier molecular flexibility index (Phi) is 6.15. The largest absolute Gasteiger partial charge is 0.390 e. The zero-order chi connectivity index (χ0) is 10.2. The molecule has 0 unspecified atom stereocenters. The van der Waals surface area contributed by atoms with E-state index in [4.69, 9.17) is 5.73 Å². The average molecular weight is 200 g/mol. The molecule has 0 saturated carbocycles. The van der Waals surface area contributed by atoms with E-state index in [0.717, 1.165) is 19.6 Å². The van der Waals surface area contributed by atoms with Crippen LogP contribution in [0.4, 0.5) is 0 Å². The first kappa shape index (κ1) is 12.0.